The molecule has 1 saturated heterocycles. The standard InChI is InChI=1S/C36H39F4N7O3/c1-46-32(36(38,39)40)21-31(45-46)34(49)44-28-11-9-27(10-12-28)43-33(48)30-20-26(37)22-42-35(30)50-29-4-2-3-25(19-29)24-7-5-23(6-8-24)13-16-47-17-14-41-15-18-47/h2-8,19-22,27-28,41H,9-18H2,1H3,(H,43,48)(H,44,49)/t27-,28-. The van der Waals surface area contributed by atoms with Gasteiger partial charge in [-0.05, 0) is 67.0 Å². The fraction of sp³-hybridized carbons (Fsp3) is 0.389. The average molecular weight is 694 g/mol. The Morgan fingerprint density at radius 3 is 2.26 bits per heavy atom. The van der Waals surface area contributed by atoms with Crippen molar-refractivity contribution in [3.8, 4) is 22.8 Å². The molecule has 0 bridgehead atoms. The molecule has 1 saturated carbocycles. The summed E-state index contributed by atoms with van der Waals surface area (Å²) in [5, 5.41) is 12.7. The summed E-state index contributed by atoms with van der Waals surface area (Å²) in [7, 11) is 1.13. The number of halogens is 4. The number of aromatic nitrogens is 3. The molecule has 0 radical (unpaired) electrons. The average Bonchev–Trinajstić information content (AvgIpc) is 3.52. The zero-order chi connectivity index (χ0) is 35.3. The van der Waals surface area contributed by atoms with Gasteiger partial charge in [-0.2, -0.15) is 18.3 Å². The molecule has 3 heterocycles. The van der Waals surface area contributed by atoms with Crippen molar-refractivity contribution < 1.29 is 31.9 Å². The maximum Gasteiger partial charge on any atom is 0.433 e. The molecule has 4 aromatic rings. The molecule has 0 unspecified atom stereocenters. The molecule has 2 aromatic carbocycles. The molecule has 50 heavy (non-hydrogen) atoms. The number of ether oxygens (including phenoxy) is 1. The summed E-state index contributed by atoms with van der Waals surface area (Å²) >= 11 is 0. The van der Waals surface area contributed by atoms with Gasteiger partial charge in [-0.1, -0.05) is 36.4 Å². The lowest BCUT2D eigenvalue weighted by atomic mass is 9.91. The van der Waals surface area contributed by atoms with Gasteiger partial charge in [0.05, 0.1) is 6.20 Å². The third kappa shape index (κ3) is 8.85. The molecule has 3 N–H and O–H groups in total. The fourth-order valence-electron chi connectivity index (χ4n) is 6.36. The monoisotopic (exact) mass is 693 g/mol. The molecule has 10 nitrogen and oxygen atoms in total. The SMILES string of the molecule is Cn1nc(C(=O)N[C@H]2CC[C@H](NC(=O)c3cc(F)cnc3Oc3cccc(-c4ccc(CCN5CCNCC5)cc4)c3)CC2)cc1C(F)(F)F. The third-order valence-corrected chi connectivity index (χ3v) is 9.13. The Morgan fingerprint density at radius 2 is 1.60 bits per heavy atom. The van der Waals surface area contributed by atoms with Crippen LogP contribution in [-0.2, 0) is 19.6 Å². The molecule has 14 heteroatoms. The minimum Gasteiger partial charge on any atom is -0.438 e. The predicted octanol–water partition coefficient (Wildman–Crippen LogP) is 5.35. The van der Waals surface area contributed by atoms with Crippen LogP contribution in [0.4, 0.5) is 17.6 Å². The van der Waals surface area contributed by atoms with Crippen molar-refractivity contribution in [1.29, 1.82) is 0 Å². The van der Waals surface area contributed by atoms with Crippen molar-refractivity contribution in [1.82, 2.24) is 35.6 Å². The first kappa shape index (κ1) is 35.0. The van der Waals surface area contributed by atoms with Crippen molar-refractivity contribution in [2.45, 2.75) is 50.4 Å². The Bertz CT molecular complexity index is 1800. The lowest BCUT2D eigenvalue weighted by molar-refractivity contribution is -0.143. The summed E-state index contributed by atoms with van der Waals surface area (Å²) in [5.74, 6) is -1.55. The summed E-state index contributed by atoms with van der Waals surface area (Å²) in [6.45, 7) is 5.20. The smallest absolute Gasteiger partial charge is 0.433 e. The van der Waals surface area contributed by atoms with Gasteiger partial charge < -0.3 is 25.6 Å². The van der Waals surface area contributed by atoms with Gasteiger partial charge in [0, 0.05) is 57.9 Å². The number of hydrogen-bond acceptors (Lipinski definition) is 7. The molecule has 1 aliphatic carbocycles. The zero-order valence-electron chi connectivity index (χ0n) is 27.6. The Labute approximate surface area is 287 Å². The number of alkyl halides is 3. The van der Waals surface area contributed by atoms with Crippen LogP contribution < -0.4 is 20.7 Å². The van der Waals surface area contributed by atoms with Gasteiger partial charge >= 0.3 is 6.18 Å². The zero-order valence-corrected chi connectivity index (χ0v) is 27.6. The van der Waals surface area contributed by atoms with Crippen LogP contribution in [0, 0.1) is 5.82 Å². The largest absolute Gasteiger partial charge is 0.438 e. The summed E-state index contributed by atoms with van der Waals surface area (Å²) in [6.07, 6.45) is -0.731. The second-order valence-corrected chi connectivity index (χ2v) is 12.7. The number of nitrogens with zero attached hydrogens (tertiary/aromatic N) is 4. The number of benzene rings is 2. The van der Waals surface area contributed by atoms with Crippen LogP contribution in [0.1, 0.15) is 57.8 Å². The summed E-state index contributed by atoms with van der Waals surface area (Å²) in [4.78, 5) is 32.4. The lowest BCUT2D eigenvalue weighted by Crippen LogP contribution is -2.44. The highest BCUT2D eigenvalue weighted by Gasteiger charge is 2.36. The summed E-state index contributed by atoms with van der Waals surface area (Å²) < 4.78 is 60.3. The van der Waals surface area contributed by atoms with Crippen molar-refractivity contribution in [3.63, 3.8) is 0 Å². The van der Waals surface area contributed by atoms with Crippen LogP contribution in [0.3, 0.4) is 0 Å². The lowest BCUT2D eigenvalue weighted by Gasteiger charge is -2.29. The third-order valence-electron chi connectivity index (χ3n) is 9.13. The number of amides is 2. The molecular weight excluding hydrogens is 654 g/mol. The van der Waals surface area contributed by atoms with E-state index in [1.165, 1.54) is 5.56 Å². The van der Waals surface area contributed by atoms with E-state index in [4.69, 9.17) is 4.74 Å². The van der Waals surface area contributed by atoms with Crippen LogP contribution in [0.15, 0.2) is 66.9 Å². The van der Waals surface area contributed by atoms with Gasteiger partial charge in [0.2, 0.25) is 5.88 Å². The van der Waals surface area contributed by atoms with Crippen molar-refractivity contribution >= 4 is 11.8 Å². The second kappa shape index (κ2) is 15.4. The van der Waals surface area contributed by atoms with Crippen LogP contribution in [0.5, 0.6) is 11.6 Å². The van der Waals surface area contributed by atoms with E-state index >= 15 is 0 Å². The van der Waals surface area contributed by atoms with Gasteiger partial charge in [0.1, 0.15) is 22.8 Å². The van der Waals surface area contributed by atoms with Crippen molar-refractivity contribution in [3.05, 3.63) is 95.2 Å². The highest BCUT2D eigenvalue weighted by Crippen LogP contribution is 2.31. The number of rotatable bonds is 10. The number of nitrogens with one attached hydrogen (secondary N) is 3. The number of hydrogen-bond donors (Lipinski definition) is 3. The van der Waals surface area contributed by atoms with Gasteiger partial charge in [-0.25, -0.2) is 9.37 Å². The van der Waals surface area contributed by atoms with E-state index in [-0.39, 0.29) is 29.2 Å². The highest BCUT2D eigenvalue weighted by molar-refractivity contribution is 5.96. The van der Waals surface area contributed by atoms with Gasteiger partial charge in [-0.3, -0.25) is 14.3 Å². The molecule has 0 spiro atoms. The maximum absolute atomic E-state index is 14.3. The number of carbonyl (C=O) groups excluding carboxylic acids is 2. The van der Waals surface area contributed by atoms with E-state index in [0.717, 1.165) is 75.6 Å². The fourth-order valence-corrected chi connectivity index (χ4v) is 6.36. The maximum atomic E-state index is 14.3. The van der Waals surface area contributed by atoms with Crippen LogP contribution in [0.2, 0.25) is 0 Å². The molecule has 264 valence electrons. The van der Waals surface area contributed by atoms with Gasteiger partial charge in [0.25, 0.3) is 11.8 Å². The second-order valence-electron chi connectivity index (χ2n) is 12.7. The van der Waals surface area contributed by atoms with Crippen LogP contribution in [-0.4, -0.2) is 76.3 Å². The van der Waals surface area contributed by atoms with Crippen molar-refractivity contribution in [2.75, 3.05) is 32.7 Å². The molecule has 2 aliphatic rings. The van der Waals surface area contributed by atoms with E-state index in [1.807, 2.05) is 18.2 Å². The number of piperazine rings is 1. The summed E-state index contributed by atoms with van der Waals surface area (Å²) in [5.41, 5.74) is 1.79. The quantitative estimate of drug-likeness (QED) is 0.192. The predicted molar refractivity (Wildman–Crippen MR) is 178 cm³/mol. The first-order valence-corrected chi connectivity index (χ1v) is 16.7. The number of carbonyl (C=O) groups is 2. The van der Waals surface area contributed by atoms with Gasteiger partial charge in [0.15, 0.2) is 5.69 Å². The molecule has 1 aliphatic heterocycles. The Morgan fingerprint density at radius 1 is 0.920 bits per heavy atom. The first-order valence-electron chi connectivity index (χ1n) is 16.7. The number of pyridine rings is 1. The van der Waals surface area contributed by atoms with E-state index in [9.17, 15) is 27.2 Å². The van der Waals surface area contributed by atoms with E-state index in [2.05, 4.69) is 55.2 Å². The van der Waals surface area contributed by atoms with E-state index in [1.54, 1.807) is 6.07 Å². The van der Waals surface area contributed by atoms with E-state index < -0.39 is 29.5 Å². The highest BCUT2D eigenvalue weighted by atomic mass is 19.4. The normalized spacial score (nSPS) is 18.4. The minimum absolute atomic E-state index is 0.0427. The van der Waals surface area contributed by atoms with Crippen LogP contribution in [0.25, 0.3) is 11.1 Å². The molecule has 6 rings (SSSR count). The molecule has 2 aromatic heterocycles. The molecule has 2 amide bonds. The molecule has 0 atom stereocenters. The topological polar surface area (TPSA) is 113 Å². The van der Waals surface area contributed by atoms with Gasteiger partial charge in [-0.15, -0.1) is 0 Å². The summed E-state index contributed by atoms with van der Waals surface area (Å²) in [6, 6.07) is 17.0. The van der Waals surface area contributed by atoms with Crippen LogP contribution >= 0.6 is 0 Å². The van der Waals surface area contributed by atoms with Crippen molar-refractivity contribution in [2.24, 2.45) is 7.05 Å². The van der Waals surface area contributed by atoms with E-state index in [0.29, 0.717) is 36.1 Å². The minimum atomic E-state index is -4.62. The molecular formula is C36H39F4N7O3. The Hall–Kier alpha value is -4.82. The Kier molecular flexibility index (Phi) is 10.8. The first-order chi connectivity index (χ1) is 24.0. The Balaban J connectivity index is 1.04. The molecule has 2 fully saturated rings. The number of aryl methyl sites for hydroxylation is 1.